The second-order valence-corrected chi connectivity index (χ2v) is 4.81. The van der Waals surface area contributed by atoms with Gasteiger partial charge in [-0.1, -0.05) is 0 Å². The molecule has 2 rings (SSSR count). The summed E-state index contributed by atoms with van der Waals surface area (Å²) in [6, 6.07) is 3.70. The first-order chi connectivity index (χ1) is 10.0. The van der Waals surface area contributed by atoms with Crippen molar-refractivity contribution in [3.05, 3.63) is 23.5 Å². The molecule has 0 fully saturated rings. The molecule has 0 aromatic carbocycles. The molecule has 0 aliphatic carbocycles. The molecule has 2 heterocycles. The second-order valence-electron chi connectivity index (χ2n) is 4.81. The van der Waals surface area contributed by atoms with Crippen molar-refractivity contribution in [2.24, 2.45) is 0 Å². The number of pyridine rings is 1. The number of aliphatic hydroxyl groups is 1. The van der Waals surface area contributed by atoms with E-state index in [1.54, 1.807) is 4.68 Å². The number of aryl methyl sites for hydroxylation is 2. The summed E-state index contributed by atoms with van der Waals surface area (Å²) in [6.07, 6.45) is 0.634. The topological polar surface area (TPSA) is 97.1 Å². The van der Waals surface area contributed by atoms with Crippen molar-refractivity contribution in [3.63, 3.8) is 0 Å². The van der Waals surface area contributed by atoms with Crippen LogP contribution >= 0.6 is 0 Å². The van der Waals surface area contributed by atoms with Crippen LogP contribution in [0.1, 0.15) is 29.5 Å². The summed E-state index contributed by atoms with van der Waals surface area (Å²) in [7, 11) is 0. The fraction of sp³-hybridized carbons (Fsp3) is 0.429. The molecule has 2 aromatic heterocycles. The molecule has 1 amide bonds. The van der Waals surface area contributed by atoms with Crippen LogP contribution in [0.5, 0.6) is 0 Å². The Hall–Kier alpha value is -2.28. The number of rotatable bonds is 6. The van der Waals surface area contributed by atoms with Gasteiger partial charge in [0.15, 0.2) is 11.4 Å². The van der Waals surface area contributed by atoms with E-state index in [0.29, 0.717) is 30.9 Å². The highest BCUT2D eigenvalue weighted by Crippen LogP contribution is 2.18. The van der Waals surface area contributed by atoms with Gasteiger partial charge in [-0.2, -0.15) is 5.10 Å². The van der Waals surface area contributed by atoms with Gasteiger partial charge in [-0.25, -0.2) is 9.67 Å². The molecular formula is C14H18N4O3. The smallest absolute Gasteiger partial charge is 0.245 e. The third-order valence-corrected chi connectivity index (χ3v) is 3.08. The average molecular weight is 290 g/mol. The SMILES string of the molecule is CC(=O)c1nn(CCCNC(=O)CO)c2nc(C)ccc12. The number of carbonyl (C=O) groups excluding carboxylic acids is 2. The van der Waals surface area contributed by atoms with E-state index in [4.69, 9.17) is 5.11 Å². The molecular weight excluding hydrogens is 272 g/mol. The molecule has 0 atom stereocenters. The molecule has 0 saturated carbocycles. The maximum atomic E-state index is 11.6. The highest BCUT2D eigenvalue weighted by atomic mass is 16.3. The Kier molecular flexibility index (Phi) is 4.64. The fourth-order valence-corrected chi connectivity index (χ4v) is 2.08. The lowest BCUT2D eigenvalue weighted by Gasteiger charge is -2.04. The highest BCUT2D eigenvalue weighted by molar-refractivity contribution is 6.03. The van der Waals surface area contributed by atoms with Gasteiger partial charge in [0.05, 0.1) is 5.39 Å². The maximum absolute atomic E-state index is 11.6. The van der Waals surface area contributed by atoms with E-state index in [9.17, 15) is 9.59 Å². The predicted octanol–water partition coefficient (Wildman–Crippen LogP) is 0.441. The van der Waals surface area contributed by atoms with E-state index in [1.165, 1.54) is 6.92 Å². The lowest BCUT2D eigenvalue weighted by molar-refractivity contribution is -0.123. The summed E-state index contributed by atoms with van der Waals surface area (Å²) < 4.78 is 1.68. The van der Waals surface area contributed by atoms with Crippen LogP contribution in [0.4, 0.5) is 0 Å². The van der Waals surface area contributed by atoms with Gasteiger partial charge >= 0.3 is 0 Å². The Morgan fingerprint density at radius 3 is 2.81 bits per heavy atom. The van der Waals surface area contributed by atoms with Crippen LogP contribution < -0.4 is 5.32 Å². The first-order valence-corrected chi connectivity index (χ1v) is 6.75. The summed E-state index contributed by atoms with van der Waals surface area (Å²) in [5.41, 5.74) is 1.94. The maximum Gasteiger partial charge on any atom is 0.245 e. The van der Waals surface area contributed by atoms with Crippen molar-refractivity contribution in [1.29, 1.82) is 0 Å². The molecule has 0 spiro atoms. The van der Waals surface area contributed by atoms with Crippen LogP contribution in [0.2, 0.25) is 0 Å². The lowest BCUT2D eigenvalue weighted by atomic mass is 10.2. The highest BCUT2D eigenvalue weighted by Gasteiger charge is 2.15. The number of hydrogen-bond donors (Lipinski definition) is 2. The first-order valence-electron chi connectivity index (χ1n) is 6.75. The first kappa shape index (κ1) is 15.1. The van der Waals surface area contributed by atoms with Gasteiger partial charge in [0.1, 0.15) is 12.3 Å². The van der Waals surface area contributed by atoms with E-state index in [0.717, 1.165) is 11.1 Å². The molecule has 2 aromatic rings. The Balaban J connectivity index is 2.17. The van der Waals surface area contributed by atoms with Crippen LogP contribution in [0.3, 0.4) is 0 Å². The zero-order valence-corrected chi connectivity index (χ0v) is 12.1. The van der Waals surface area contributed by atoms with Crippen LogP contribution in [-0.4, -0.2) is 44.7 Å². The average Bonchev–Trinajstić information content (AvgIpc) is 2.81. The number of hydrogen-bond acceptors (Lipinski definition) is 5. The number of amides is 1. The quantitative estimate of drug-likeness (QED) is 0.594. The third-order valence-electron chi connectivity index (χ3n) is 3.08. The molecule has 0 radical (unpaired) electrons. The van der Waals surface area contributed by atoms with Crippen LogP contribution in [0, 0.1) is 6.92 Å². The van der Waals surface area contributed by atoms with Crippen molar-refractivity contribution in [2.75, 3.05) is 13.2 Å². The molecule has 7 nitrogen and oxygen atoms in total. The summed E-state index contributed by atoms with van der Waals surface area (Å²) in [5.74, 6) is -0.503. The number of nitrogens with one attached hydrogen (secondary N) is 1. The number of carbonyl (C=O) groups is 2. The minimum atomic E-state index is -0.514. The fourth-order valence-electron chi connectivity index (χ4n) is 2.08. The Labute approximate surface area is 122 Å². The number of ketones is 1. The van der Waals surface area contributed by atoms with Gasteiger partial charge in [-0.05, 0) is 25.5 Å². The number of aromatic nitrogens is 3. The molecule has 0 saturated heterocycles. The molecule has 112 valence electrons. The Morgan fingerprint density at radius 1 is 1.38 bits per heavy atom. The van der Waals surface area contributed by atoms with E-state index in [2.05, 4.69) is 15.4 Å². The van der Waals surface area contributed by atoms with Crippen molar-refractivity contribution < 1.29 is 14.7 Å². The van der Waals surface area contributed by atoms with Gasteiger partial charge < -0.3 is 10.4 Å². The van der Waals surface area contributed by atoms with Crippen LogP contribution in [0.25, 0.3) is 11.0 Å². The normalized spacial score (nSPS) is 10.8. The van der Waals surface area contributed by atoms with E-state index in [-0.39, 0.29) is 5.78 Å². The van der Waals surface area contributed by atoms with Gasteiger partial charge in [0.25, 0.3) is 0 Å². The molecule has 21 heavy (non-hydrogen) atoms. The summed E-state index contributed by atoms with van der Waals surface area (Å²) in [4.78, 5) is 27.0. The van der Waals surface area contributed by atoms with Crippen molar-refractivity contribution in [2.45, 2.75) is 26.8 Å². The Morgan fingerprint density at radius 2 is 2.14 bits per heavy atom. The minimum absolute atomic E-state index is 0.0991. The van der Waals surface area contributed by atoms with Crippen molar-refractivity contribution in [1.82, 2.24) is 20.1 Å². The molecule has 2 N–H and O–H groups in total. The second kappa shape index (κ2) is 6.45. The third kappa shape index (κ3) is 3.43. The molecule has 0 bridgehead atoms. The number of fused-ring (bicyclic) bond motifs is 1. The standard InChI is InChI=1S/C14H18N4O3/c1-9-4-5-11-13(10(2)20)17-18(14(11)16-9)7-3-6-15-12(21)8-19/h4-5,19H,3,6-8H2,1-2H3,(H,15,21). The Bertz CT molecular complexity index is 678. The van der Waals surface area contributed by atoms with Gasteiger partial charge in [-0.3, -0.25) is 9.59 Å². The van der Waals surface area contributed by atoms with Gasteiger partial charge in [0.2, 0.25) is 5.91 Å². The van der Waals surface area contributed by atoms with Crippen molar-refractivity contribution >= 4 is 22.7 Å². The summed E-state index contributed by atoms with van der Waals surface area (Å²) in [6.45, 7) is 3.81. The largest absolute Gasteiger partial charge is 0.387 e. The van der Waals surface area contributed by atoms with Gasteiger partial charge in [0, 0.05) is 25.7 Å². The summed E-state index contributed by atoms with van der Waals surface area (Å²) >= 11 is 0. The zero-order chi connectivity index (χ0) is 15.4. The monoisotopic (exact) mass is 290 g/mol. The van der Waals surface area contributed by atoms with Crippen molar-refractivity contribution in [3.8, 4) is 0 Å². The zero-order valence-electron chi connectivity index (χ0n) is 12.1. The molecule has 7 heteroatoms. The predicted molar refractivity (Wildman–Crippen MR) is 77.0 cm³/mol. The molecule has 0 aliphatic heterocycles. The number of Topliss-reactive ketones (excluding diaryl/α,β-unsaturated/α-hetero) is 1. The van der Waals surface area contributed by atoms with Crippen LogP contribution in [0.15, 0.2) is 12.1 Å². The van der Waals surface area contributed by atoms with E-state index in [1.807, 2.05) is 19.1 Å². The lowest BCUT2D eigenvalue weighted by Crippen LogP contribution is -2.27. The molecule has 0 aliphatic rings. The van der Waals surface area contributed by atoms with Crippen LogP contribution in [-0.2, 0) is 11.3 Å². The minimum Gasteiger partial charge on any atom is -0.387 e. The van der Waals surface area contributed by atoms with E-state index < -0.39 is 12.5 Å². The van der Waals surface area contributed by atoms with E-state index >= 15 is 0 Å². The molecule has 0 unspecified atom stereocenters. The summed E-state index contributed by atoms with van der Waals surface area (Å²) in [5, 5.41) is 16.2. The van der Waals surface area contributed by atoms with Gasteiger partial charge in [-0.15, -0.1) is 0 Å². The number of nitrogens with zero attached hydrogens (tertiary/aromatic N) is 3. The number of aliphatic hydroxyl groups excluding tert-OH is 1.